The zero-order chi connectivity index (χ0) is 12.3. The van der Waals surface area contributed by atoms with Crippen molar-refractivity contribution in [3.05, 3.63) is 46.1 Å². The highest BCUT2D eigenvalue weighted by atomic mass is 35.5. The van der Waals surface area contributed by atoms with E-state index in [9.17, 15) is 0 Å². The van der Waals surface area contributed by atoms with Crippen LogP contribution in [0.3, 0.4) is 0 Å². The van der Waals surface area contributed by atoms with Crippen molar-refractivity contribution in [2.24, 2.45) is 0 Å². The summed E-state index contributed by atoms with van der Waals surface area (Å²) in [6.45, 7) is 3.47. The average molecular weight is 270 g/mol. The summed E-state index contributed by atoms with van der Waals surface area (Å²) in [5, 5.41) is 8.85. The van der Waals surface area contributed by atoms with E-state index in [-0.39, 0.29) is 0 Å². The topological polar surface area (TPSA) is 29.9 Å². The fourth-order valence-corrected chi connectivity index (χ4v) is 2.04. The molecule has 3 nitrogen and oxygen atoms in total. The summed E-state index contributed by atoms with van der Waals surface area (Å²) in [6.07, 6.45) is 1.93. The van der Waals surface area contributed by atoms with E-state index in [1.54, 1.807) is 0 Å². The van der Waals surface area contributed by atoms with Gasteiger partial charge in [0.2, 0.25) is 0 Å². The van der Waals surface area contributed by atoms with Crippen molar-refractivity contribution >= 4 is 29.0 Å². The van der Waals surface area contributed by atoms with Gasteiger partial charge in [0.05, 0.1) is 0 Å². The number of aromatic nitrogens is 2. The second kappa shape index (κ2) is 5.43. The molecule has 2 aromatic rings. The van der Waals surface area contributed by atoms with Crippen LogP contribution in [-0.4, -0.2) is 9.78 Å². The van der Waals surface area contributed by atoms with E-state index in [4.69, 9.17) is 23.2 Å². The van der Waals surface area contributed by atoms with E-state index in [0.29, 0.717) is 16.6 Å². The first-order valence-electron chi connectivity index (χ1n) is 5.41. The van der Waals surface area contributed by atoms with E-state index in [0.717, 1.165) is 17.9 Å². The minimum Gasteiger partial charge on any atom is -0.364 e. The van der Waals surface area contributed by atoms with E-state index in [2.05, 4.69) is 10.4 Å². The molecule has 0 radical (unpaired) electrons. The van der Waals surface area contributed by atoms with E-state index >= 15 is 0 Å². The fourth-order valence-electron chi connectivity index (χ4n) is 1.51. The molecular weight excluding hydrogens is 257 g/mol. The van der Waals surface area contributed by atoms with Crippen LogP contribution in [0.4, 0.5) is 5.82 Å². The summed E-state index contributed by atoms with van der Waals surface area (Å²) < 4.78 is 1.86. The third-order valence-corrected chi connectivity index (χ3v) is 3.18. The minimum atomic E-state index is 0.569. The van der Waals surface area contributed by atoms with Crippen molar-refractivity contribution < 1.29 is 0 Å². The first-order valence-corrected chi connectivity index (χ1v) is 6.16. The number of nitrogens with one attached hydrogen (secondary N) is 1. The number of benzene rings is 1. The van der Waals surface area contributed by atoms with E-state index < -0.39 is 0 Å². The van der Waals surface area contributed by atoms with Crippen LogP contribution in [0.5, 0.6) is 0 Å². The lowest BCUT2D eigenvalue weighted by atomic mass is 10.2. The van der Waals surface area contributed by atoms with E-state index in [1.165, 1.54) is 0 Å². The smallest absolute Gasteiger partial charge is 0.148 e. The summed E-state index contributed by atoms with van der Waals surface area (Å²) >= 11 is 12.2. The van der Waals surface area contributed by atoms with Gasteiger partial charge in [0.1, 0.15) is 5.82 Å². The Bertz CT molecular complexity index is 488. The Morgan fingerprint density at radius 1 is 1.24 bits per heavy atom. The summed E-state index contributed by atoms with van der Waals surface area (Å²) in [5.41, 5.74) is 0.891. The molecule has 0 saturated carbocycles. The number of hydrogen-bond acceptors (Lipinski definition) is 2. The van der Waals surface area contributed by atoms with Gasteiger partial charge in [-0.25, -0.2) is 0 Å². The van der Waals surface area contributed by atoms with E-state index in [1.807, 2.05) is 42.1 Å². The lowest BCUT2D eigenvalue weighted by molar-refractivity contribution is 0.661. The molecule has 5 heteroatoms. The lowest BCUT2D eigenvalue weighted by Crippen LogP contribution is -2.02. The summed E-state index contributed by atoms with van der Waals surface area (Å²) in [5.74, 6) is 0.822. The molecule has 1 aromatic carbocycles. The van der Waals surface area contributed by atoms with Crippen molar-refractivity contribution in [3.8, 4) is 0 Å². The zero-order valence-corrected chi connectivity index (χ0v) is 11.0. The molecule has 17 heavy (non-hydrogen) atoms. The molecular formula is C12H13Cl2N3. The van der Waals surface area contributed by atoms with Crippen LogP contribution >= 0.6 is 23.2 Å². The lowest BCUT2D eigenvalue weighted by Gasteiger charge is -2.07. The second-order valence-electron chi connectivity index (χ2n) is 3.61. The molecule has 2 rings (SSSR count). The molecule has 0 unspecified atom stereocenters. The SMILES string of the molecule is CCn1ccc(NCc2c(Cl)cccc2Cl)n1. The van der Waals surface area contributed by atoms with Crippen LogP contribution in [0, 0.1) is 0 Å². The minimum absolute atomic E-state index is 0.569. The molecule has 0 spiro atoms. The maximum Gasteiger partial charge on any atom is 0.148 e. The number of hydrogen-bond donors (Lipinski definition) is 1. The highest BCUT2D eigenvalue weighted by Crippen LogP contribution is 2.24. The summed E-state index contributed by atoms with van der Waals surface area (Å²) in [4.78, 5) is 0. The van der Waals surface area contributed by atoms with Crippen molar-refractivity contribution in [3.63, 3.8) is 0 Å². The van der Waals surface area contributed by atoms with Gasteiger partial charge in [0.25, 0.3) is 0 Å². The van der Waals surface area contributed by atoms with Gasteiger partial charge in [-0.15, -0.1) is 0 Å². The van der Waals surface area contributed by atoms with Crippen LogP contribution in [-0.2, 0) is 13.1 Å². The Hall–Kier alpha value is -1.19. The first kappa shape index (κ1) is 12.3. The van der Waals surface area contributed by atoms with Crippen LogP contribution < -0.4 is 5.32 Å². The van der Waals surface area contributed by atoms with Crippen LogP contribution in [0.15, 0.2) is 30.5 Å². The summed E-state index contributed by atoms with van der Waals surface area (Å²) in [7, 11) is 0. The number of anilines is 1. The number of rotatable bonds is 4. The largest absolute Gasteiger partial charge is 0.364 e. The second-order valence-corrected chi connectivity index (χ2v) is 4.42. The molecule has 0 aliphatic carbocycles. The van der Waals surface area contributed by atoms with Gasteiger partial charge in [-0.05, 0) is 19.1 Å². The highest BCUT2D eigenvalue weighted by Gasteiger charge is 2.05. The molecule has 90 valence electrons. The average Bonchev–Trinajstić information content (AvgIpc) is 2.76. The highest BCUT2D eigenvalue weighted by molar-refractivity contribution is 6.36. The van der Waals surface area contributed by atoms with Gasteiger partial charge in [0.15, 0.2) is 0 Å². The molecule has 0 saturated heterocycles. The molecule has 0 aliphatic heterocycles. The Labute approximate surface area is 110 Å². The van der Waals surface area contributed by atoms with Crippen LogP contribution in [0.2, 0.25) is 10.0 Å². The van der Waals surface area contributed by atoms with Gasteiger partial charge in [-0.3, -0.25) is 4.68 Å². The molecule has 1 heterocycles. The molecule has 1 N–H and O–H groups in total. The molecule has 0 aliphatic rings. The predicted molar refractivity (Wildman–Crippen MR) is 71.7 cm³/mol. The first-order chi connectivity index (χ1) is 8.20. The van der Waals surface area contributed by atoms with Gasteiger partial charge in [-0.1, -0.05) is 29.3 Å². The van der Waals surface area contributed by atoms with Gasteiger partial charge in [0, 0.05) is 41.0 Å². The quantitative estimate of drug-likeness (QED) is 0.915. The predicted octanol–water partition coefficient (Wildman–Crippen LogP) is 3.82. The standard InChI is InChI=1S/C12H13Cl2N3/c1-2-17-7-6-12(16-17)15-8-9-10(13)4-3-5-11(9)14/h3-7H,2,8H2,1H3,(H,15,16). The maximum absolute atomic E-state index is 6.08. The Balaban J connectivity index is 2.07. The Morgan fingerprint density at radius 2 is 1.94 bits per heavy atom. The molecule has 0 atom stereocenters. The third-order valence-electron chi connectivity index (χ3n) is 2.47. The van der Waals surface area contributed by atoms with Gasteiger partial charge in [-0.2, -0.15) is 5.10 Å². The Kier molecular flexibility index (Phi) is 3.92. The number of aryl methyl sites for hydroxylation is 1. The van der Waals surface area contributed by atoms with Crippen LogP contribution in [0.25, 0.3) is 0 Å². The Morgan fingerprint density at radius 3 is 2.53 bits per heavy atom. The number of nitrogens with zero attached hydrogens (tertiary/aromatic N) is 2. The van der Waals surface area contributed by atoms with Crippen molar-refractivity contribution in [2.45, 2.75) is 20.0 Å². The maximum atomic E-state index is 6.08. The van der Waals surface area contributed by atoms with Gasteiger partial charge >= 0.3 is 0 Å². The zero-order valence-electron chi connectivity index (χ0n) is 9.45. The third kappa shape index (κ3) is 2.93. The number of halogens is 2. The fraction of sp³-hybridized carbons (Fsp3) is 0.250. The summed E-state index contributed by atoms with van der Waals surface area (Å²) in [6, 6.07) is 7.42. The van der Waals surface area contributed by atoms with Crippen molar-refractivity contribution in [1.82, 2.24) is 9.78 Å². The van der Waals surface area contributed by atoms with Crippen molar-refractivity contribution in [2.75, 3.05) is 5.32 Å². The molecule has 0 fully saturated rings. The van der Waals surface area contributed by atoms with Gasteiger partial charge < -0.3 is 5.32 Å². The van der Waals surface area contributed by atoms with Crippen LogP contribution in [0.1, 0.15) is 12.5 Å². The monoisotopic (exact) mass is 269 g/mol. The normalized spacial score (nSPS) is 10.5. The van der Waals surface area contributed by atoms with Crippen molar-refractivity contribution in [1.29, 1.82) is 0 Å². The molecule has 1 aromatic heterocycles. The molecule has 0 bridgehead atoms. The molecule has 0 amide bonds.